The zero-order chi connectivity index (χ0) is 14.5. The van der Waals surface area contributed by atoms with Crippen LogP contribution in [0.5, 0.6) is 0 Å². The summed E-state index contributed by atoms with van der Waals surface area (Å²) in [5.74, 6) is 1.21. The highest BCUT2D eigenvalue weighted by molar-refractivity contribution is 5.51. The summed E-state index contributed by atoms with van der Waals surface area (Å²) in [5, 5.41) is 12.9. The molecule has 2 aromatic rings. The van der Waals surface area contributed by atoms with Crippen LogP contribution in [0.4, 0.5) is 0 Å². The lowest BCUT2D eigenvalue weighted by Crippen LogP contribution is -2.46. The fraction of sp³-hybridized carbons (Fsp3) is 0.500. The zero-order valence-electron chi connectivity index (χ0n) is 11.9. The predicted octanol–water partition coefficient (Wildman–Crippen LogP) is 0.241. The van der Waals surface area contributed by atoms with E-state index in [1.165, 1.54) is 0 Å². The van der Waals surface area contributed by atoms with Gasteiger partial charge in [0.15, 0.2) is 0 Å². The molecule has 1 aliphatic rings. The minimum atomic E-state index is 0.220. The van der Waals surface area contributed by atoms with Crippen molar-refractivity contribution < 1.29 is 9.63 Å². The van der Waals surface area contributed by atoms with Gasteiger partial charge < -0.3 is 9.63 Å². The number of piperazine rings is 1. The van der Waals surface area contributed by atoms with Crippen molar-refractivity contribution in [1.29, 1.82) is 0 Å². The average molecular weight is 289 g/mol. The molecule has 0 amide bonds. The van der Waals surface area contributed by atoms with Crippen molar-refractivity contribution in [3.63, 3.8) is 0 Å². The minimum absolute atomic E-state index is 0.220. The molecule has 0 atom stereocenters. The first-order valence-corrected chi connectivity index (χ1v) is 7.14. The molecule has 112 valence electrons. The Morgan fingerprint density at radius 3 is 2.71 bits per heavy atom. The molecule has 2 aromatic heterocycles. The fourth-order valence-corrected chi connectivity index (χ4v) is 2.44. The standard InChI is InChI=1S/C14H19N5O2/c20-9-8-18-4-6-19(7-5-18)11-13-16-14(17-21-13)12-2-1-3-15-10-12/h1-3,10,20H,4-9,11H2. The monoisotopic (exact) mass is 289 g/mol. The number of aliphatic hydroxyl groups excluding tert-OH is 1. The van der Waals surface area contributed by atoms with E-state index < -0.39 is 0 Å². The van der Waals surface area contributed by atoms with E-state index >= 15 is 0 Å². The number of β-amino-alcohol motifs (C(OH)–C–C–N with tert-alkyl or cyclic N) is 1. The average Bonchev–Trinajstić information content (AvgIpc) is 2.99. The van der Waals surface area contributed by atoms with E-state index in [0.29, 0.717) is 18.3 Å². The van der Waals surface area contributed by atoms with Crippen molar-refractivity contribution in [3.05, 3.63) is 30.4 Å². The highest BCUT2D eigenvalue weighted by Crippen LogP contribution is 2.15. The van der Waals surface area contributed by atoms with Crippen LogP contribution in [0.1, 0.15) is 5.89 Å². The zero-order valence-corrected chi connectivity index (χ0v) is 11.9. The first kappa shape index (κ1) is 14.1. The van der Waals surface area contributed by atoms with Crippen LogP contribution in [0.3, 0.4) is 0 Å². The lowest BCUT2D eigenvalue weighted by atomic mass is 10.3. The summed E-state index contributed by atoms with van der Waals surface area (Å²) in [4.78, 5) is 13.0. The summed E-state index contributed by atoms with van der Waals surface area (Å²) < 4.78 is 5.31. The fourth-order valence-electron chi connectivity index (χ4n) is 2.44. The molecular formula is C14H19N5O2. The first-order valence-electron chi connectivity index (χ1n) is 7.14. The third kappa shape index (κ3) is 3.63. The molecule has 1 fully saturated rings. The van der Waals surface area contributed by atoms with Gasteiger partial charge in [-0.25, -0.2) is 0 Å². The van der Waals surface area contributed by atoms with E-state index in [0.717, 1.165) is 38.3 Å². The molecule has 0 saturated carbocycles. The molecule has 1 N–H and O–H groups in total. The van der Waals surface area contributed by atoms with Crippen molar-refractivity contribution in [3.8, 4) is 11.4 Å². The van der Waals surface area contributed by atoms with Crippen LogP contribution in [0.2, 0.25) is 0 Å². The van der Waals surface area contributed by atoms with Crippen molar-refractivity contribution in [2.45, 2.75) is 6.54 Å². The van der Waals surface area contributed by atoms with E-state index in [-0.39, 0.29) is 6.61 Å². The van der Waals surface area contributed by atoms with E-state index in [9.17, 15) is 0 Å². The van der Waals surface area contributed by atoms with E-state index in [1.54, 1.807) is 12.4 Å². The number of rotatable bonds is 5. The molecule has 0 aromatic carbocycles. The van der Waals surface area contributed by atoms with Gasteiger partial charge in [0.2, 0.25) is 11.7 Å². The number of aromatic nitrogens is 3. The highest BCUT2D eigenvalue weighted by atomic mass is 16.5. The maximum Gasteiger partial charge on any atom is 0.241 e. The minimum Gasteiger partial charge on any atom is -0.395 e. The molecule has 21 heavy (non-hydrogen) atoms. The Kier molecular flexibility index (Phi) is 4.54. The van der Waals surface area contributed by atoms with Crippen LogP contribution >= 0.6 is 0 Å². The SMILES string of the molecule is OCCN1CCN(Cc2nc(-c3cccnc3)no2)CC1. The van der Waals surface area contributed by atoms with Crippen molar-refractivity contribution in [2.75, 3.05) is 39.3 Å². The molecule has 0 unspecified atom stereocenters. The Morgan fingerprint density at radius 2 is 2.00 bits per heavy atom. The van der Waals surface area contributed by atoms with Crippen LogP contribution in [-0.4, -0.2) is 69.4 Å². The van der Waals surface area contributed by atoms with E-state index in [1.807, 2.05) is 12.1 Å². The number of pyridine rings is 1. The molecular weight excluding hydrogens is 270 g/mol. The second-order valence-corrected chi connectivity index (χ2v) is 5.09. The van der Waals surface area contributed by atoms with Crippen LogP contribution in [0, 0.1) is 0 Å². The topological polar surface area (TPSA) is 78.5 Å². The highest BCUT2D eigenvalue weighted by Gasteiger charge is 2.19. The van der Waals surface area contributed by atoms with Gasteiger partial charge >= 0.3 is 0 Å². The van der Waals surface area contributed by atoms with E-state index in [2.05, 4.69) is 24.9 Å². The predicted molar refractivity (Wildman–Crippen MR) is 76.3 cm³/mol. The van der Waals surface area contributed by atoms with Gasteiger partial charge in [-0.2, -0.15) is 4.98 Å². The van der Waals surface area contributed by atoms with Crippen molar-refractivity contribution in [1.82, 2.24) is 24.9 Å². The molecule has 1 saturated heterocycles. The lowest BCUT2D eigenvalue weighted by Gasteiger charge is -2.33. The maximum atomic E-state index is 8.94. The van der Waals surface area contributed by atoms with Crippen molar-refractivity contribution >= 4 is 0 Å². The van der Waals surface area contributed by atoms with Gasteiger partial charge in [0.05, 0.1) is 13.2 Å². The second-order valence-electron chi connectivity index (χ2n) is 5.09. The summed E-state index contributed by atoms with van der Waals surface area (Å²) >= 11 is 0. The van der Waals surface area contributed by atoms with Gasteiger partial charge in [0.1, 0.15) is 0 Å². The molecule has 0 radical (unpaired) electrons. The molecule has 0 aliphatic carbocycles. The Morgan fingerprint density at radius 1 is 1.19 bits per heavy atom. The summed E-state index contributed by atoms with van der Waals surface area (Å²) in [6.45, 7) is 5.46. The normalized spacial score (nSPS) is 17.2. The van der Waals surface area contributed by atoms with Gasteiger partial charge in [-0.3, -0.25) is 14.8 Å². The smallest absolute Gasteiger partial charge is 0.241 e. The van der Waals surface area contributed by atoms with Crippen LogP contribution in [0.25, 0.3) is 11.4 Å². The quantitative estimate of drug-likeness (QED) is 0.844. The van der Waals surface area contributed by atoms with Crippen LogP contribution in [-0.2, 0) is 6.54 Å². The maximum absolute atomic E-state index is 8.94. The van der Waals surface area contributed by atoms with Gasteiger partial charge in [-0.1, -0.05) is 5.16 Å². The van der Waals surface area contributed by atoms with E-state index in [4.69, 9.17) is 9.63 Å². The van der Waals surface area contributed by atoms with Gasteiger partial charge in [-0.05, 0) is 12.1 Å². The summed E-state index contributed by atoms with van der Waals surface area (Å²) in [7, 11) is 0. The Hall–Kier alpha value is -1.83. The third-order valence-electron chi connectivity index (χ3n) is 3.63. The summed E-state index contributed by atoms with van der Waals surface area (Å²) in [6.07, 6.45) is 3.44. The van der Waals surface area contributed by atoms with Gasteiger partial charge in [-0.15, -0.1) is 0 Å². The number of aliphatic hydroxyl groups is 1. The number of hydrogen-bond acceptors (Lipinski definition) is 7. The largest absolute Gasteiger partial charge is 0.395 e. The molecule has 0 bridgehead atoms. The first-order chi connectivity index (χ1) is 10.3. The number of nitrogens with zero attached hydrogens (tertiary/aromatic N) is 5. The second kappa shape index (κ2) is 6.75. The lowest BCUT2D eigenvalue weighted by molar-refractivity contribution is 0.101. The summed E-state index contributed by atoms with van der Waals surface area (Å²) in [5.41, 5.74) is 0.861. The Bertz CT molecular complexity index is 552. The molecule has 3 heterocycles. The molecule has 7 nitrogen and oxygen atoms in total. The molecule has 1 aliphatic heterocycles. The van der Waals surface area contributed by atoms with Crippen LogP contribution in [0.15, 0.2) is 29.0 Å². The number of hydrogen-bond donors (Lipinski definition) is 1. The third-order valence-corrected chi connectivity index (χ3v) is 3.63. The molecule has 0 spiro atoms. The van der Waals surface area contributed by atoms with Crippen LogP contribution < -0.4 is 0 Å². The van der Waals surface area contributed by atoms with Gasteiger partial charge in [0.25, 0.3) is 0 Å². The molecule has 7 heteroatoms. The Balaban J connectivity index is 1.56. The Labute approximate surface area is 123 Å². The van der Waals surface area contributed by atoms with Gasteiger partial charge in [0, 0.05) is 50.7 Å². The molecule has 3 rings (SSSR count). The summed E-state index contributed by atoms with van der Waals surface area (Å²) in [6, 6.07) is 3.76. The van der Waals surface area contributed by atoms with Crippen molar-refractivity contribution in [2.24, 2.45) is 0 Å².